The number of nitrogens with zero attached hydrogens (tertiary/aromatic N) is 1. The van der Waals surface area contributed by atoms with Crippen molar-refractivity contribution >= 4 is 5.91 Å². The van der Waals surface area contributed by atoms with Gasteiger partial charge in [0.1, 0.15) is 6.54 Å². The second kappa shape index (κ2) is 4.09. The third-order valence-corrected chi connectivity index (χ3v) is 1.98. The second-order valence-corrected chi connectivity index (χ2v) is 3.10. The predicted octanol–water partition coefficient (Wildman–Crippen LogP) is 0.383. The van der Waals surface area contributed by atoms with Gasteiger partial charge in [-0.1, -0.05) is 6.92 Å². The maximum Gasteiger partial charge on any atom is 0.237 e. The fourth-order valence-electron chi connectivity index (χ4n) is 1.19. The first-order chi connectivity index (χ1) is 6.13. The Labute approximate surface area is 77.5 Å². The van der Waals surface area contributed by atoms with Crippen LogP contribution >= 0.6 is 0 Å². The van der Waals surface area contributed by atoms with E-state index in [-0.39, 0.29) is 18.5 Å². The van der Waals surface area contributed by atoms with Crippen LogP contribution in [0.5, 0.6) is 0 Å². The van der Waals surface area contributed by atoms with E-state index < -0.39 is 0 Å². The van der Waals surface area contributed by atoms with Gasteiger partial charge in [0.25, 0.3) is 0 Å². The van der Waals surface area contributed by atoms with Crippen LogP contribution in [-0.2, 0) is 11.3 Å². The summed E-state index contributed by atoms with van der Waals surface area (Å²) >= 11 is 0. The minimum Gasteiger partial charge on any atom is -0.368 e. The summed E-state index contributed by atoms with van der Waals surface area (Å²) in [5.74, 6) is -0.341. The Kier molecular flexibility index (Phi) is 3.08. The topological polar surface area (TPSA) is 74.0 Å². The van der Waals surface area contributed by atoms with Gasteiger partial charge in [0.2, 0.25) is 5.91 Å². The van der Waals surface area contributed by atoms with Gasteiger partial charge in [-0.05, 0) is 18.1 Å². The molecule has 0 radical (unpaired) electrons. The molecule has 4 N–H and O–H groups in total. The molecule has 0 aliphatic rings. The molecule has 0 aromatic carbocycles. The van der Waals surface area contributed by atoms with Crippen LogP contribution in [0.25, 0.3) is 0 Å². The fraction of sp³-hybridized carbons (Fsp3) is 0.444. The summed E-state index contributed by atoms with van der Waals surface area (Å²) in [6.07, 6.45) is 4.56. The molecule has 1 amide bonds. The van der Waals surface area contributed by atoms with Crippen LogP contribution in [0.3, 0.4) is 0 Å². The highest BCUT2D eigenvalue weighted by molar-refractivity contribution is 5.73. The van der Waals surface area contributed by atoms with E-state index in [1.54, 1.807) is 4.57 Å². The highest BCUT2D eigenvalue weighted by Crippen LogP contribution is 2.13. The Balaban J connectivity index is 2.68. The molecule has 1 heterocycles. The lowest BCUT2D eigenvalue weighted by atomic mass is 10.1. The van der Waals surface area contributed by atoms with Crippen molar-refractivity contribution < 1.29 is 4.79 Å². The average molecular weight is 181 g/mol. The number of amides is 1. The van der Waals surface area contributed by atoms with Crippen LogP contribution in [0.4, 0.5) is 0 Å². The maximum absolute atomic E-state index is 10.6. The minimum atomic E-state index is -0.341. The Morgan fingerprint density at radius 1 is 1.69 bits per heavy atom. The van der Waals surface area contributed by atoms with E-state index in [9.17, 15) is 4.79 Å². The van der Waals surface area contributed by atoms with Crippen LogP contribution in [0.15, 0.2) is 18.5 Å². The summed E-state index contributed by atoms with van der Waals surface area (Å²) in [6.45, 7) is 2.24. The average Bonchev–Trinajstić information content (AvgIpc) is 2.50. The fourth-order valence-corrected chi connectivity index (χ4v) is 1.19. The zero-order valence-corrected chi connectivity index (χ0v) is 7.73. The van der Waals surface area contributed by atoms with E-state index in [1.807, 2.05) is 25.4 Å². The van der Waals surface area contributed by atoms with Crippen LogP contribution in [-0.4, -0.2) is 10.5 Å². The number of hydrogen-bond acceptors (Lipinski definition) is 2. The standard InChI is InChI=1S/C9H15N3O/c1-2-8(10)7-3-4-12(5-7)6-9(11)13/h3-5,8H,2,6,10H2,1H3,(H2,11,13). The molecule has 0 spiro atoms. The summed E-state index contributed by atoms with van der Waals surface area (Å²) in [6, 6.07) is 1.96. The molecule has 1 aromatic rings. The molecule has 0 aliphatic carbocycles. The summed E-state index contributed by atoms with van der Waals surface area (Å²) in [7, 11) is 0. The normalized spacial score (nSPS) is 12.8. The molecule has 0 aliphatic heterocycles. The third-order valence-electron chi connectivity index (χ3n) is 1.98. The molecule has 0 saturated heterocycles. The number of aromatic nitrogens is 1. The third kappa shape index (κ3) is 2.59. The van der Waals surface area contributed by atoms with E-state index in [0.717, 1.165) is 12.0 Å². The van der Waals surface area contributed by atoms with Crippen molar-refractivity contribution in [1.82, 2.24) is 4.57 Å². The summed E-state index contributed by atoms with van der Waals surface area (Å²) in [5.41, 5.74) is 11.9. The molecule has 4 heteroatoms. The molecule has 72 valence electrons. The van der Waals surface area contributed by atoms with E-state index in [4.69, 9.17) is 11.5 Å². The Bertz CT molecular complexity index is 293. The van der Waals surface area contributed by atoms with E-state index in [0.29, 0.717) is 0 Å². The molecular weight excluding hydrogens is 166 g/mol. The van der Waals surface area contributed by atoms with Gasteiger partial charge in [-0.25, -0.2) is 0 Å². The smallest absolute Gasteiger partial charge is 0.237 e. The van der Waals surface area contributed by atoms with E-state index in [2.05, 4.69) is 0 Å². The lowest BCUT2D eigenvalue weighted by Gasteiger charge is -2.04. The first-order valence-corrected chi connectivity index (χ1v) is 4.33. The predicted molar refractivity (Wildman–Crippen MR) is 50.8 cm³/mol. The molecule has 0 saturated carbocycles. The largest absolute Gasteiger partial charge is 0.368 e. The summed E-state index contributed by atoms with van der Waals surface area (Å²) < 4.78 is 1.74. The monoisotopic (exact) mass is 181 g/mol. The highest BCUT2D eigenvalue weighted by atomic mass is 16.1. The summed E-state index contributed by atoms with van der Waals surface area (Å²) in [5, 5.41) is 0. The van der Waals surface area contributed by atoms with Crippen molar-refractivity contribution in [1.29, 1.82) is 0 Å². The maximum atomic E-state index is 10.6. The van der Waals surface area contributed by atoms with Crippen LogP contribution < -0.4 is 11.5 Å². The first-order valence-electron chi connectivity index (χ1n) is 4.33. The van der Waals surface area contributed by atoms with Gasteiger partial charge < -0.3 is 16.0 Å². The van der Waals surface area contributed by atoms with Gasteiger partial charge in [0.05, 0.1) is 0 Å². The molecule has 4 nitrogen and oxygen atoms in total. The van der Waals surface area contributed by atoms with Crippen molar-refractivity contribution in [2.45, 2.75) is 25.9 Å². The minimum absolute atomic E-state index is 0.0501. The lowest BCUT2D eigenvalue weighted by molar-refractivity contribution is -0.118. The van der Waals surface area contributed by atoms with Gasteiger partial charge in [-0.2, -0.15) is 0 Å². The number of hydrogen-bond donors (Lipinski definition) is 2. The lowest BCUT2D eigenvalue weighted by Crippen LogP contribution is -2.17. The molecule has 0 bridgehead atoms. The van der Waals surface area contributed by atoms with Gasteiger partial charge >= 0.3 is 0 Å². The zero-order chi connectivity index (χ0) is 9.84. The van der Waals surface area contributed by atoms with Crippen LogP contribution in [0, 0.1) is 0 Å². The van der Waals surface area contributed by atoms with Crippen molar-refractivity contribution in [3.63, 3.8) is 0 Å². The molecule has 1 atom stereocenters. The van der Waals surface area contributed by atoms with Gasteiger partial charge in [-0.15, -0.1) is 0 Å². The molecule has 1 aromatic heterocycles. The molecule has 13 heavy (non-hydrogen) atoms. The van der Waals surface area contributed by atoms with Crippen molar-refractivity contribution in [2.24, 2.45) is 11.5 Å². The number of nitrogens with two attached hydrogens (primary N) is 2. The van der Waals surface area contributed by atoms with Crippen molar-refractivity contribution in [3.05, 3.63) is 24.0 Å². The number of carbonyl (C=O) groups excluding carboxylic acids is 1. The molecule has 1 rings (SSSR count). The Morgan fingerprint density at radius 3 is 2.92 bits per heavy atom. The van der Waals surface area contributed by atoms with Gasteiger partial charge in [-0.3, -0.25) is 4.79 Å². The SMILES string of the molecule is CCC(N)c1ccn(CC(N)=O)c1. The van der Waals surface area contributed by atoms with Crippen molar-refractivity contribution in [3.8, 4) is 0 Å². The van der Waals surface area contributed by atoms with Crippen LogP contribution in [0.2, 0.25) is 0 Å². The second-order valence-electron chi connectivity index (χ2n) is 3.10. The number of carbonyl (C=O) groups is 1. The molecule has 0 fully saturated rings. The van der Waals surface area contributed by atoms with Crippen LogP contribution in [0.1, 0.15) is 24.9 Å². The number of rotatable bonds is 4. The van der Waals surface area contributed by atoms with E-state index in [1.165, 1.54) is 0 Å². The van der Waals surface area contributed by atoms with Gasteiger partial charge in [0.15, 0.2) is 0 Å². The summed E-state index contributed by atoms with van der Waals surface area (Å²) in [4.78, 5) is 10.6. The highest BCUT2D eigenvalue weighted by Gasteiger charge is 2.05. The quantitative estimate of drug-likeness (QED) is 0.704. The molecular formula is C9H15N3O. The first kappa shape index (κ1) is 9.80. The van der Waals surface area contributed by atoms with Gasteiger partial charge in [0, 0.05) is 18.4 Å². The Morgan fingerprint density at radius 2 is 2.38 bits per heavy atom. The molecule has 1 unspecified atom stereocenters. The number of primary amides is 1. The Hall–Kier alpha value is -1.29. The zero-order valence-electron chi connectivity index (χ0n) is 7.73. The van der Waals surface area contributed by atoms with Crippen molar-refractivity contribution in [2.75, 3.05) is 0 Å². The van der Waals surface area contributed by atoms with E-state index >= 15 is 0 Å².